The zero-order chi connectivity index (χ0) is 23.2. The average Bonchev–Trinajstić information content (AvgIpc) is 3.51. The molecule has 2 aromatic rings. The Morgan fingerprint density at radius 3 is 3.00 bits per heavy atom. The Kier molecular flexibility index (Phi) is 5.89. The molecular formula is C22H29N5O5S. The highest BCUT2D eigenvalue weighted by Crippen LogP contribution is 2.44. The van der Waals surface area contributed by atoms with Crippen molar-refractivity contribution in [2.75, 3.05) is 32.8 Å². The molecule has 3 atom stereocenters. The summed E-state index contributed by atoms with van der Waals surface area (Å²) in [5.74, 6) is 0.465. The number of benzene rings is 1. The smallest absolute Gasteiger partial charge is 0.354 e. The van der Waals surface area contributed by atoms with Gasteiger partial charge in [0.05, 0.1) is 19.3 Å². The summed E-state index contributed by atoms with van der Waals surface area (Å²) >= 11 is 0. The Balaban J connectivity index is 1.47. The second-order valence-corrected chi connectivity index (χ2v) is 10.5. The minimum Gasteiger partial charge on any atom is -0.474 e. The van der Waals surface area contributed by atoms with E-state index in [4.69, 9.17) is 19.3 Å². The summed E-state index contributed by atoms with van der Waals surface area (Å²) in [4.78, 5) is 13.1. The van der Waals surface area contributed by atoms with Gasteiger partial charge in [0, 0.05) is 25.8 Å². The third-order valence-electron chi connectivity index (χ3n) is 6.71. The van der Waals surface area contributed by atoms with Crippen LogP contribution >= 0.6 is 0 Å². The molecule has 1 aliphatic heterocycles. The Morgan fingerprint density at radius 1 is 1.36 bits per heavy atom. The van der Waals surface area contributed by atoms with Crippen LogP contribution in [-0.2, 0) is 45.2 Å². The normalized spacial score (nSPS) is 22.6. The van der Waals surface area contributed by atoms with Gasteiger partial charge in [-0.1, -0.05) is 6.07 Å². The van der Waals surface area contributed by atoms with Crippen molar-refractivity contribution in [1.29, 1.82) is 0 Å². The monoisotopic (exact) mass is 475 g/mol. The SMILES string of the molecule is COC[C@@H]1CCc2cc3c(c(NC(=O)N=S(N)(=O)c4cnn5c4OC[C@@H](OC)C5)c21)CCC3. The number of carbonyl (C=O) groups is 1. The second-order valence-electron chi connectivity index (χ2n) is 8.76. The summed E-state index contributed by atoms with van der Waals surface area (Å²) in [6, 6.07) is 1.54. The van der Waals surface area contributed by atoms with E-state index in [-0.39, 0.29) is 29.4 Å². The van der Waals surface area contributed by atoms with Crippen molar-refractivity contribution in [1.82, 2.24) is 9.78 Å². The summed E-state index contributed by atoms with van der Waals surface area (Å²) < 4.78 is 35.0. The molecule has 2 amide bonds. The van der Waals surface area contributed by atoms with Crippen LogP contribution in [0.4, 0.5) is 10.5 Å². The molecule has 0 radical (unpaired) electrons. The van der Waals surface area contributed by atoms with E-state index in [1.165, 1.54) is 22.0 Å². The number of methoxy groups -OCH3 is 2. The molecule has 1 unspecified atom stereocenters. The molecule has 0 fully saturated rings. The first-order valence-electron chi connectivity index (χ1n) is 11.1. The van der Waals surface area contributed by atoms with E-state index < -0.39 is 15.9 Å². The van der Waals surface area contributed by atoms with Crippen molar-refractivity contribution in [3.05, 3.63) is 34.5 Å². The van der Waals surface area contributed by atoms with Gasteiger partial charge in [0.1, 0.15) is 17.6 Å². The predicted octanol–water partition coefficient (Wildman–Crippen LogP) is 2.39. The molecule has 33 heavy (non-hydrogen) atoms. The first-order valence-corrected chi connectivity index (χ1v) is 12.7. The number of hydrogen-bond donors (Lipinski definition) is 2. The van der Waals surface area contributed by atoms with Crippen molar-refractivity contribution in [2.45, 2.75) is 55.6 Å². The van der Waals surface area contributed by atoms with Crippen LogP contribution in [0.2, 0.25) is 0 Å². The van der Waals surface area contributed by atoms with Crippen LogP contribution in [0.15, 0.2) is 21.5 Å². The van der Waals surface area contributed by atoms with E-state index in [0.717, 1.165) is 48.9 Å². The van der Waals surface area contributed by atoms with Gasteiger partial charge in [-0.25, -0.2) is 18.8 Å². The van der Waals surface area contributed by atoms with Crippen molar-refractivity contribution < 1.29 is 23.2 Å². The molecule has 3 aliphatic rings. The molecular weight excluding hydrogens is 446 g/mol. The van der Waals surface area contributed by atoms with E-state index in [1.807, 2.05) is 0 Å². The highest BCUT2D eigenvalue weighted by Gasteiger charge is 2.32. The van der Waals surface area contributed by atoms with Crippen LogP contribution < -0.4 is 15.2 Å². The maximum absolute atomic E-state index is 13.3. The zero-order valence-electron chi connectivity index (χ0n) is 18.8. The molecule has 11 heteroatoms. The molecule has 1 aromatic heterocycles. The lowest BCUT2D eigenvalue weighted by molar-refractivity contribution is 0.0165. The number of fused-ring (bicyclic) bond motifs is 3. The van der Waals surface area contributed by atoms with Crippen LogP contribution in [0.25, 0.3) is 0 Å². The van der Waals surface area contributed by atoms with Gasteiger partial charge in [-0.3, -0.25) is 0 Å². The summed E-state index contributed by atoms with van der Waals surface area (Å²) in [5.41, 5.74) is 5.55. The number of carbonyl (C=O) groups excluding carboxylic acids is 1. The first-order chi connectivity index (χ1) is 15.9. The number of amides is 2. The molecule has 0 spiro atoms. The zero-order valence-corrected chi connectivity index (χ0v) is 19.7. The Labute approximate surface area is 193 Å². The van der Waals surface area contributed by atoms with E-state index in [2.05, 4.69) is 20.8 Å². The minimum absolute atomic E-state index is 0.105. The summed E-state index contributed by atoms with van der Waals surface area (Å²) in [7, 11) is -0.291. The average molecular weight is 476 g/mol. The van der Waals surface area contributed by atoms with Crippen molar-refractivity contribution in [3.63, 3.8) is 0 Å². The first kappa shape index (κ1) is 22.3. The van der Waals surface area contributed by atoms with E-state index in [9.17, 15) is 9.00 Å². The van der Waals surface area contributed by atoms with Crippen molar-refractivity contribution in [2.24, 2.45) is 9.50 Å². The number of urea groups is 1. The maximum Gasteiger partial charge on any atom is 0.354 e. The third kappa shape index (κ3) is 4.03. The number of rotatable bonds is 5. The number of ether oxygens (including phenoxy) is 3. The van der Waals surface area contributed by atoms with Gasteiger partial charge < -0.3 is 19.5 Å². The van der Waals surface area contributed by atoms with Crippen LogP contribution in [0.3, 0.4) is 0 Å². The maximum atomic E-state index is 13.3. The largest absolute Gasteiger partial charge is 0.474 e. The van der Waals surface area contributed by atoms with Crippen LogP contribution in [0, 0.1) is 0 Å². The third-order valence-corrected chi connectivity index (χ3v) is 8.05. The van der Waals surface area contributed by atoms with E-state index >= 15 is 0 Å². The summed E-state index contributed by atoms with van der Waals surface area (Å²) in [5, 5.41) is 13.2. The van der Waals surface area contributed by atoms with E-state index in [0.29, 0.717) is 13.2 Å². The molecule has 0 saturated heterocycles. The lowest BCUT2D eigenvalue weighted by Crippen LogP contribution is -2.32. The highest BCUT2D eigenvalue weighted by atomic mass is 32.2. The summed E-state index contributed by atoms with van der Waals surface area (Å²) in [6.07, 6.45) is 6.04. The van der Waals surface area contributed by atoms with Gasteiger partial charge in [0.2, 0.25) is 5.88 Å². The number of anilines is 1. The molecule has 0 bridgehead atoms. The Morgan fingerprint density at radius 2 is 2.21 bits per heavy atom. The topological polar surface area (TPSA) is 130 Å². The molecule has 0 saturated carbocycles. The van der Waals surface area contributed by atoms with Gasteiger partial charge >= 0.3 is 6.03 Å². The van der Waals surface area contributed by atoms with Gasteiger partial charge in [0.25, 0.3) is 0 Å². The quantitative estimate of drug-likeness (QED) is 0.683. The number of nitrogens with two attached hydrogens (primary N) is 1. The number of aromatic nitrogens is 2. The molecule has 2 heterocycles. The molecule has 2 aliphatic carbocycles. The lowest BCUT2D eigenvalue weighted by atomic mass is 9.94. The molecule has 1 aromatic carbocycles. The highest BCUT2D eigenvalue weighted by molar-refractivity contribution is 7.91. The Bertz CT molecular complexity index is 1220. The van der Waals surface area contributed by atoms with Crippen LogP contribution in [-0.4, -0.2) is 53.6 Å². The van der Waals surface area contributed by atoms with Crippen LogP contribution in [0.5, 0.6) is 5.88 Å². The minimum atomic E-state index is -3.56. The molecule has 3 N–H and O–H groups in total. The van der Waals surface area contributed by atoms with E-state index in [1.54, 1.807) is 14.2 Å². The number of nitrogens with zero attached hydrogens (tertiary/aromatic N) is 3. The van der Waals surface area contributed by atoms with Gasteiger partial charge in [0.15, 0.2) is 9.92 Å². The summed E-state index contributed by atoms with van der Waals surface area (Å²) in [6.45, 7) is 1.30. The standard InChI is InChI=1S/C22H29N5O5S/c1-30-11-15-7-6-14-8-13-4-3-5-17(13)20(19(14)15)25-22(28)26-33(23,29)18-9-24-27-10-16(31-2)12-32-21(18)27/h8-9,15-16H,3-7,10-12H2,1-2H3,(H3,23,25,26,28,29)/t15-,16-,33?/m0/s1. The lowest BCUT2D eigenvalue weighted by Gasteiger charge is -2.23. The fraction of sp³-hybridized carbons (Fsp3) is 0.545. The van der Waals surface area contributed by atoms with Crippen LogP contribution in [0.1, 0.15) is 41.0 Å². The number of aryl methyl sites for hydroxylation is 2. The molecule has 5 rings (SSSR count). The predicted molar refractivity (Wildman–Crippen MR) is 122 cm³/mol. The van der Waals surface area contributed by atoms with Gasteiger partial charge in [-0.2, -0.15) is 5.10 Å². The molecule has 178 valence electrons. The molecule has 10 nitrogen and oxygen atoms in total. The van der Waals surface area contributed by atoms with Crippen molar-refractivity contribution >= 4 is 21.6 Å². The number of hydrogen-bond acceptors (Lipinski definition) is 6. The van der Waals surface area contributed by atoms with Crippen molar-refractivity contribution in [3.8, 4) is 5.88 Å². The fourth-order valence-corrected chi connectivity index (χ4v) is 6.18. The Hall–Kier alpha value is -2.47. The van der Waals surface area contributed by atoms with Gasteiger partial charge in [-0.15, -0.1) is 4.36 Å². The van der Waals surface area contributed by atoms with Gasteiger partial charge in [-0.05, 0) is 54.4 Å². The second kappa shape index (κ2) is 8.71. The fourth-order valence-electron chi connectivity index (χ4n) is 5.18. The number of nitrogens with one attached hydrogen (secondary N) is 1.